The van der Waals surface area contributed by atoms with E-state index in [1.54, 1.807) is 25.3 Å². The van der Waals surface area contributed by atoms with Crippen LogP contribution in [0.5, 0.6) is 6.01 Å². The van der Waals surface area contributed by atoms with Gasteiger partial charge in [0.05, 0.1) is 13.2 Å². The maximum absolute atomic E-state index is 12.5. The van der Waals surface area contributed by atoms with E-state index in [1.807, 2.05) is 6.92 Å². The lowest BCUT2D eigenvalue weighted by Gasteiger charge is -2.14. The maximum atomic E-state index is 12.5. The predicted molar refractivity (Wildman–Crippen MR) is 77.0 cm³/mol. The molecule has 2 aromatic rings. The number of aryl methyl sites for hydroxylation is 2. The number of nitrogens with zero attached hydrogens (tertiary/aromatic N) is 4. The summed E-state index contributed by atoms with van der Waals surface area (Å²) in [5, 5.41) is 11.5. The van der Waals surface area contributed by atoms with Gasteiger partial charge in [-0.05, 0) is 27.7 Å². The summed E-state index contributed by atoms with van der Waals surface area (Å²) in [6, 6.07) is -0.254. The monoisotopic (exact) mass is 329 g/mol. The van der Waals surface area contributed by atoms with Crippen molar-refractivity contribution in [2.24, 2.45) is 0 Å². The highest BCUT2D eigenvalue weighted by Gasteiger charge is 2.28. The summed E-state index contributed by atoms with van der Waals surface area (Å²) in [4.78, 5) is 0.0499. The molecule has 0 bridgehead atoms. The number of rotatable bonds is 6. The molecule has 0 aliphatic heterocycles. The number of hydrogen-bond donors (Lipinski definition) is 1. The van der Waals surface area contributed by atoms with Crippen LogP contribution in [0.4, 0.5) is 0 Å². The second-order valence-electron chi connectivity index (χ2n) is 4.79. The Kier molecular flexibility index (Phi) is 4.52. The molecular weight excluding hydrogens is 310 g/mol. The van der Waals surface area contributed by atoms with Gasteiger partial charge < -0.3 is 9.26 Å². The first-order valence-electron chi connectivity index (χ1n) is 6.74. The lowest BCUT2D eigenvalue weighted by molar-refractivity contribution is 0.354. The van der Waals surface area contributed by atoms with E-state index in [-0.39, 0.29) is 10.7 Å². The molecule has 2 rings (SSSR count). The minimum atomic E-state index is -3.78. The standard InChI is InChI=1S/C12H19N5O4S/c1-6-17-11(13-14-12(17)20-5)8(3)16-22(18,19)10-7(2)15-21-9(10)4/h8,16H,6H2,1-5H3/t8-/m1/s1. The SMILES string of the molecule is CCn1c(OC)nnc1[C@@H](C)NS(=O)(=O)c1c(C)noc1C. The summed E-state index contributed by atoms with van der Waals surface area (Å²) in [5.74, 6) is 0.710. The van der Waals surface area contributed by atoms with Crippen LogP contribution in [0, 0.1) is 13.8 Å². The van der Waals surface area contributed by atoms with Gasteiger partial charge in [-0.15, -0.1) is 5.10 Å². The average molecular weight is 329 g/mol. The Bertz CT molecular complexity index is 745. The van der Waals surface area contributed by atoms with E-state index in [0.29, 0.717) is 24.1 Å². The Morgan fingerprint density at radius 1 is 1.36 bits per heavy atom. The van der Waals surface area contributed by atoms with Gasteiger partial charge in [0.1, 0.15) is 10.6 Å². The quantitative estimate of drug-likeness (QED) is 0.839. The third-order valence-corrected chi connectivity index (χ3v) is 4.98. The average Bonchev–Trinajstić information content (AvgIpc) is 3.01. The first-order valence-corrected chi connectivity index (χ1v) is 8.22. The van der Waals surface area contributed by atoms with E-state index in [1.165, 1.54) is 7.11 Å². The number of methoxy groups -OCH3 is 1. The molecule has 0 aromatic carbocycles. The van der Waals surface area contributed by atoms with Crippen molar-refractivity contribution in [3.8, 4) is 6.01 Å². The van der Waals surface area contributed by atoms with Crippen molar-refractivity contribution in [2.75, 3.05) is 7.11 Å². The van der Waals surface area contributed by atoms with Gasteiger partial charge in [-0.2, -0.15) is 0 Å². The first-order chi connectivity index (χ1) is 10.3. The van der Waals surface area contributed by atoms with Gasteiger partial charge in [0.15, 0.2) is 11.6 Å². The molecule has 0 saturated heterocycles. The Morgan fingerprint density at radius 3 is 2.55 bits per heavy atom. The van der Waals surface area contributed by atoms with Gasteiger partial charge in [0.25, 0.3) is 0 Å². The summed E-state index contributed by atoms with van der Waals surface area (Å²) < 4.78 is 39.3. The zero-order chi connectivity index (χ0) is 16.5. The highest BCUT2D eigenvalue weighted by Crippen LogP contribution is 2.22. The summed E-state index contributed by atoms with van der Waals surface area (Å²) in [5.41, 5.74) is 0.312. The lowest BCUT2D eigenvalue weighted by atomic mass is 10.3. The smallest absolute Gasteiger partial charge is 0.316 e. The lowest BCUT2D eigenvalue weighted by Crippen LogP contribution is -2.29. The van der Waals surface area contributed by atoms with E-state index in [2.05, 4.69) is 20.1 Å². The fourth-order valence-corrected chi connectivity index (χ4v) is 3.80. The summed E-state index contributed by atoms with van der Waals surface area (Å²) in [7, 11) is -2.29. The largest absolute Gasteiger partial charge is 0.467 e. The van der Waals surface area contributed by atoms with Crippen molar-refractivity contribution in [3.63, 3.8) is 0 Å². The summed E-state index contributed by atoms with van der Waals surface area (Å²) >= 11 is 0. The van der Waals surface area contributed by atoms with Gasteiger partial charge in [-0.25, -0.2) is 13.1 Å². The molecule has 0 radical (unpaired) electrons. The van der Waals surface area contributed by atoms with Gasteiger partial charge in [-0.1, -0.05) is 10.3 Å². The van der Waals surface area contributed by atoms with Crippen LogP contribution in [-0.4, -0.2) is 35.4 Å². The van der Waals surface area contributed by atoms with Crippen molar-refractivity contribution in [1.29, 1.82) is 0 Å². The minimum Gasteiger partial charge on any atom is -0.467 e. The third-order valence-electron chi connectivity index (χ3n) is 3.20. The van der Waals surface area contributed by atoms with E-state index in [4.69, 9.17) is 9.26 Å². The van der Waals surface area contributed by atoms with Crippen LogP contribution in [0.3, 0.4) is 0 Å². The molecule has 1 N–H and O–H groups in total. The Hall–Kier alpha value is -1.94. The van der Waals surface area contributed by atoms with Crippen molar-refractivity contribution in [1.82, 2.24) is 24.6 Å². The molecule has 9 nitrogen and oxygen atoms in total. The normalized spacial score (nSPS) is 13.3. The molecule has 122 valence electrons. The molecule has 0 aliphatic rings. The van der Waals surface area contributed by atoms with Crippen molar-refractivity contribution in [3.05, 3.63) is 17.3 Å². The van der Waals surface area contributed by atoms with E-state index >= 15 is 0 Å². The van der Waals surface area contributed by atoms with Crippen molar-refractivity contribution < 1.29 is 17.7 Å². The van der Waals surface area contributed by atoms with Gasteiger partial charge in [0, 0.05) is 6.54 Å². The van der Waals surface area contributed by atoms with Crippen LogP contribution in [-0.2, 0) is 16.6 Å². The molecule has 0 aliphatic carbocycles. The molecule has 1 atom stereocenters. The van der Waals surface area contributed by atoms with Crippen LogP contribution in [0.2, 0.25) is 0 Å². The molecule has 0 unspecified atom stereocenters. The number of ether oxygens (including phenoxy) is 1. The van der Waals surface area contributed by atoms with Crippen molar-refractivity contribution >= 4 is 10.0 Å². The minimum absolute atomic E-state index is 0.0499. The van der Waals surface area contributed by atoms with Crippen molar-refractivity contribution in [2.45, 2.75) is 45.2 Å². The Morgan fingerprint density at radius 2 is 2.05 bits per heavy atom. The summed E-state index contributed by atoms with van der Waals surface area (Å²) in [6.07, 6.45) is 0. The van der Waals surface area contributed by atoms with E-state index < -0.39 is 16.1 Å². The third kappa shape index (κ3) is 2.83. The van der Waals surface area contributed by atoms with Gasteiger partial charge in [-0.3, -0.25) is 4.57 Å². The molecule has 2 heterocycles. The highest BCUT2D eigenvalue weighted by molar-refractivity contribution is 7.89. The molecule has 22 heavy (non-hydrogen) atoms. The first kappa shape index (κ1) is 16.4. The molecule has 2 aromatic heterocycles. The summed E-state index contributed by atoms with van der Waals surface area (Å²) in [6.45, 7) is 7.27. The molecule has 0 spiro atoms. The van der Waals surface area contributed by atoms with E-state index in [9.17, 15) is 8.42 Å². The fraction of sp³-hybridized carbons (Fsp3) is 0.583. The second kappa shape index (κ2) is 6.05. The topological polar surface area (TPSA) is 112 Å². The highest BCUT2D eigenvalue weighted by atomic mass is 32.2. The predicted octanol–water partition coefficient (Wildman–Crippen LogP) is 0.951. The van der Waals surface area contributed by atoms with Gasteiger partial charge in [0.2, 0.25) is 10.0 Å². The van der Waals surface area contributed by atoms with Crippen LogP contribution in [0.1, 0.15) is 37.2 Å². The number of sulfonamides is 1. The molecule has 0 fully saturated rings. The molecule has 10 heteroatoms. The number of nitrogens with one attached hydrogen (secondary N) is 1. The van der Waals surface area contributed by atoms with E-state index in [0.717, 1.165) is 0 Å². The second-order valence-corrected chi connectivity index (χ2v) is 6.44. The number of hydrogen-bond acceptors (Lipinski definition) is 7. The zero-order valence-corrected chi connectivity index (χ0v) is 13.9. The molecule has 0 saturated carbocycles. The van der Waals surface area contributed by atoms with Crippen LogP contribution >= 0.6 is 0 Å². The van der Waals surface area contributed by atoms with Crippen LogP contribution in [0.25, 0.3) is 0 Å². The Labute approximate surface area is 128 Å². The maximum Gasteiger partial charge on any atom is 0.316 e. The fourth-order valence-electron chi connectivity index (χ4n) is 2.27. The van der Waals surface area contributed by atoms with Crippen LogP contribution in [0.15, 0.2) is 9.42 Å². The van der Waals surface area contributed by atoms with Crippen LogP contribution < -0.4 is 9.46 Å². The van der Waals surface area contributed by atoms with Gasteiger partial charge >= 0.3 is 6.01 Å². The number of aromatic nitrogens is 4. The molecular formula is C12H19N5O4S. The Balaban J connectivity index is 2.32. The zero-order valence-electron chi connectivity index (χ0n) is 13.1. The molecule has 0 amide bonds.